The standard InChI is InChI=1S/C18H16BrN3O2/c19-13-5-3-4-11(8-13)18(24)22-16(17(20)23)9-12-10-21-15-7-2-1-6-14(12)15/h1-8,10,16,21H,9H2,(H2,20,23)(H,22,24)/t16-/m0/s1. The lowest BCUT2D eigenvalue weighted by molar-refractivity contribution is -0.119. The number of aromatic amines is 1. The molecule has 1 aromatic heterocycles. The fourth-order valence-electron chi connectivity index (χ4n) is 2.61. The number of para-hydroxylation sites is 1. The highest BCUT2D eigenvalue weighted by Crippen LogP contribution is 2.19. The average molecular weight is 386 g/mol. The van der Waals surface area contributed by atoms with E-state index in [1.54, 1.807) is 18.2 Å². The first kappa shape index (κ1) is 16.3. The van der Waals surface area contributed by atoms with Crippen LogP contribution >= 0.6 is 15.9 Å². The Balaban J connectivity index is 1.80. The Kier molecular flexibility index (Phi) is 4.66. The lowest BCUT2D eigenvalue weighted by atomic mass is 10.0. The highest BCUT2D eigenvalue weighted by atomic mass is 79.9. The highest BCUT2D eigenvalue weighted by Gasteiger charge is 2.21. The van der Waals surface area contributed by atoms with Crippen LogP contribution in [0, 0.1) is 0 Å². The van der Waals surface area contributed by atoms with E-state index in [9.17, 15) is 9.59 Å². The second-order valence-corrected chi connectivity index (χ2v) is 6.42. The molecule has 0 spiro atoms. The summed E-state index contributed by atoms with van der Waals surface area (Å²) in [6, 6.07) is 14.0. The first-order valence-corrected chi connectivity index (χ1v) is 8.24. The molecular formula is C18H16BrN3O2. The molecule has 0 radical (unpaired) electrons. The van der Waals surface area contributed by atoms with Crippen molar-refractivity contribution in [3.63, 3.8) is 0 Å². The molecule has 122 valence electrons. The van der Waals surface area contributed by atoms with Crippen LogP contribution in [-0.2, 0) is 11.2 Å². The van der Waals surface area contributed by atoms with Crippen molar-refractivity contribution in [2.45, 2.75) is 12.5 Å². The van der Waals surface area contributed by atoms with Crippen molar-refractivity contribution in [1.82, 2.24) is 10.3 Å². The largest absolute Gasteiger partial charge is 0.368 e. The second kappa shape index (κ2) is 6.88. The van der Waals surface area contributed by atoms with Crippen molar-refractivity contribution in [2.75, 3.05) is 0 Å². The summed E-state index contributed by atoms with van der Waals surface area (Å²) >= 11 is 3.33. The van der Waals surface area contributed by atoms with Gasteiger partial charge in [-0.2, -0.15) is 0 Å². The number of hydrogen-bond acceptors (Lipinski definition) is 2. The van der Waals surface area contributed by atoms with E-state index in [0.717, 1.165) is 20.9 Å². The monoisotopic (exact) mass is 385 g/mol. The number of carbonyl (C=O) groups excluding carboxylic acids is 2. The number of benzene rings is 2. The molecule has 1 atom stereocenters. The third-order valence-corrected chi connectivity index (χ3v) is 4.33. The summed E-state index contributed by atoms with van der Waals surface area (Å²) in [6.45, 7) is 0. The number of nitrogens with two attached hydrogens (primary N) is 1. The smallest absolute Gasteiger partial charge is 0.251 e. The van der Waals surface area contributed by atoms with E-state index >= 15 is 0 Å². The molecule has 0 fully saturated rings. The number of aromatic nitrogens is 1. The Morgan fingerprint density at radius 3 is 2.71 bits per heavy atom. The predicted octanol–water partition coefficient (Wildman–Crippen LogP) is 2.76. The number of hydrogen-bond donors (Lipinski definition) is 3. The van der Waals surface area contributed by atoms with E-state index in [0.29, 0.717) is 12.0 Å². The molecule has 0 saturated carbocycles. The van der Waals surface area contributed by atoms with Crippen LogP contribution in [0.5, 0.6) is 0 Å². The second-order valence-electron chi connectivity index (χ2n) is 5.50. The summed E-state index contributed by atoms with van der Waals surface area (Å²) in [5.74, 6) is -0.899. The zero-order valence-electron chi connectivity index (χ0n) is 12.8. The van der Waals surface area contributed by atoms with Crippen LogP contribution in [0.2, 0.25) is 0 Å². The lowest BCUT2D eigenvalue weighted by Crippen LogP contribution is -2.45. The molecule has 0 bridgehead atoms. The van der Waals surface area contributed by atoms with Crippen molar-refractivity contribution in [3.8, 4) is 0 Å². The van der Waals surface area contributed by atoms with Crippen molar-refractivity contribution in [2.24, 2.45) is 5.73 Å². The quantitative estimate of drug-likeness (QED) is 0.630. The third kappa shape index (κ3) is 3.49. The molecule has 2 aromatic carbocycles. The molecule has 0 aliphatic rings. The minimum absolute atomic E-state index is 0.332. The van der Waals surface area contributed by atoms with Crippen LogP contribution in [0.3, 0.4) is 0 Å². The van der Waals surface area contributed by atoms with Gasteiger partial charge in [-0.05, 0) is 29.8 Å². The fraction of sp³-hybridized carbons (Fsp3) is 0.111. The maximum absolute atomic E-state index is 12.4. The van der Waals surface area contributed by atoms with E-state index < -0.39 is 11.9 Å². The lowest BCUT2D eigenvalue weighted by Gasteiger charge is -2.15. The topological polar surface area (TPSA) is 88.0 Å². The van der Waals surface area contributed by atoms with Crippen LogP contribution in [0.4, 0.5) is 0 Å². The van der Waals surface area contributed by atoms with Crippen molar-refractivity contribution in [1.29, 1.82) is 0 Å². The van der Waals surface area contributed by atoms with Gasteiger partial charge in [0.15, 0.2) is 0 Å². The van der Waals surface area contributed by atoms with Crippen molar-refractivity contribution in [3.05, 3.63) is 70.3 Å². The van der Waals surface area contributed by atoms with Crippen LogP contribution in [-0.4, -0.2) is 22.8 Å². The van der Waals surface area contributed by atoms with E-state index in [2.05, 4.69) is 26.2 Å². The molecule has 3 aromatic rings. The van der Waals surface area contributed by atoms with Crippen LogP contribution in [0.1, 0.15) is 15.9 Å². The summed E-state index contributed by atoms with van der Waals surface area (Å²) in [5, 5.41) is 3.73. The van der Waals surface area contributed by atoms with Gasteiger partial charge >= 0.3 is 0 Å². The van der Waals surface area contributed by atoms with Crippen molar-refractivity contribution < 1.29 is 9.59 Å². The number of nitrogens with one attached hydrogen (secondary N) is 2. The van der Waals surface area contributed by atoms with Gasteiger partial charge in [-0.3, -0.25) is 9.59 Å². The molecule has 0 unspecified atom stereocenters. The van der Waals surface area contributed by atoms with E-state index in [-0.39, 0.29) is 5.91 Å². The molecule has 2 amide bonds. The van der Waals surface area contributed by atoms with Gasteiger partial charge in [-0.1, -0.05) is 40.2 Å². The number of fused-ring (bicyclic) bond motifs is 1. The van der Waals surface area contributed by atoms with Crippen LogP contribution < -0.4 is 11.1 Å². The Morgan fingerprint density at radius 2 is 1.96 bits per heavy atom. The maximum Gasteiger partial charge on any atom is 0.251 e. The predicted molar refractivity (Wildman–Crippen MR) is 96.6 cm³/mol. The molecule has 1 heterocycles. The van der Waals surface area contributed by atoms with Gasteiger partial charge in [0.05, 0.1) is 0 Å². The van der Waals surface area contributed by atoms with Gasteiger partial charge in [0.2, 0.25) is 5.91 Å². The van der Waals surface area contributed by atoms with Gasteiger partial charge in [0.1, 0.15) is 6.04 Å². The number of amides is 2. The highest BCUT2D eigenvalue weighted by molar-refractivity contribution is 9.10. The molecule has 0 aliphatic carbocycles. The molecule has 5 nitrogen and oxygen atoms in total. The SMILES string of the molecule is NC(=O)[C@H](Cc1c[nH]c2ccccc12)NC(=O)c1cccc(Br)c1. The summed E-state index contributed by atoms with van der Waals surface area (Å²) in [7, 11) is 0. The van der Waals surface area contributed by atoms with Gasteiger partial charge in [0.25, 0.3) is 5.91 Å². The van der Waals surface area contributed by atoms with Gasteiger partial charge in [0, 0.05) is 33.6 Å². The normalized spacial score (nSPS) is 12.0. The third-order valence-electron chi connectivity index (χ3n) is 3.83. The minimum Gasteiger partial charge on any atom is -0.368 e. The maximum atomic E-state index is 12.4. The van der Waals surface area contributed by atoms with Gasteiger partial charge < -0.3 is 16.0 Å². The zero-order valence-corrected chi connectivity index (χ0v) is 14.3. The number of halogens is 1. The Hall–Kier alpha value is -2.60. The van der Waals surface area contributed by atoms with E-state index in [1.165, 1.54) is 0 Å². The zero-order chi connectivity index (χ0) is 17.1. The summed E-state index contributed by atoms with van der Waals surface area (Å²) in [4.78, 5) is 27.3. The van der Waals surface area contributed by atoms with E-state index in [1.807, 2.05) is 36.5 Å². The summed E-state index contributed by atoms with van der Waals surface area (Å²) < 4.78 is 0.794. The van der Waals surface area contributed by atoms with Crippen LogP contribution in [0.25, 0.3) is 10.9 Å². The fourth-order valence-corrected chi connectivity index (χ4v) is 3.01. The molecule has 3 rings (SSSR count). The Labute approximate surface area is 147 Å². The molecule has 6 heteroatoms. The van der Waals surface area contributed by atoms with Crippen LogP contribution in [0.15, 0.2) is 59.2 Å². The Morgan fingerprint density at radius 1 is 1.17 bits per heavy atom. The minimum atomic E-state index is -0.782. The molecule has 24 heavy (non-hydrogen) atoms. The average Bonchev–Trinajstić information content (AvgIpc) is 2.97. The molecule has 0 saturated heterocycles. The first-order chi connectivity index (χ1) is 11.5. The molecule has 4 N–H and O–H groups in total. The summed E-state index contributed by atoms with van der Waals surface area (Å²) in [6.07, 6.45) is 2.17. The number of carbonyl (C=O) groups is 2. The summed E-state index contributed by atoms with van der Waals surface area (Å²) in [5.41, 5.74) is 7.86. The first-order valence-electron chi connectivity index (χ1n) is 7.45. The van der Waals surface area contributed by atoms with Crippen molar-refractivity contribution >= 4 is 38.6 Å². The van der Waals surface area contributed by atoms with Gasteiger partial charge in [-0.15, -0.1) is 0 Å². The number of rotatable bonds is 5. The molecular weight excluding hydrogens is 370 g/mol. The number of H-pyrrole nitrogens is 1. The Bertz CT molecular complexity index is 904. The van der Waals surface area contributed by atoms with Gasteiger partial charge in [-0.25, -0.2) is 0 Å². The van der Waals surface area contributed by atoms with E-state index in [4.69, 9.17) is 5.73 Å². The molecule has 0 aliphatic heterocycles. The number of primary amides is 1.